The Morgan fingerprint density at radius 3 is 2.64 bits per heavy atom. The number of anilines is 2. The van der Waals surface area contributed by atoms with Crippen molar-refractivity contribution in [1.29, 1.82) is 0 Å². The lowest BCUT2D eigenvalue weighted by Crippen LogP contribution is -2.41. The summed E-state index contributed by atoms with van der Waals surface area (Å²) in [6, 6.07) is 5.54. The molecule has 0 bridgehead atoms. The van der Waals surface area contributed by atoms with Crippen molar-refractivity contribution in [2.75, 3.05) is 16.8 Å². The van der Waals surface area contributed by atoms with E-state index in [1.165, 1.54) is 15.8 Å². The van der Waals surface area contributed by atoms with Gasteiger partial charge in [0.1, 0.15) is 23.0 Å². The van der Waals surface area contributed by atoms with Gasteiger partial charge in [0.2, 0.25) is 0 Å². The van der Waals surface area contributed by atoms with E-state index in [-0.39, 0.29) is 29.2 Å². The highest BCUT2D eigenvalue weighted by molar-refractivity contribution is 6.06. The van der Waals surface area contributed by atoms with Gasteiger partial charge in [-0.25, -0.2) is 9.98 Å². The van der Waals surface area contributed by atoms with Crippen LogP contribution in [0.3, 0.4) is 0 Å². The molecule has 0 unspecified atom stereocenters. The molecular formula is C33H38N8O3. The van der Waals surface area contributed by atoms with Gasteiger partial charge < -0.3 is 19.6 Å². The summed E-state index contributed by atoms with van der Waals surface area (Å²) in [7, 11) is 3.54. The molecule has 0 spiro atoms. The highest BCUT2D eigenvalue weighted by Crippen LogP contribution is 2.40. The third-order valence-corrected chi connectivity index (χ3v) is 8.85. The molecule has 4 aromatic heterocycles. The number of aliphatic hydroxyl groups is 1. The number of aryl methyl sites for hydroxylation is 3. The topological polar surface area (TPSA) is 123 Å². The average Bonchev–Trinajstić information content (AvgIpc) is 3.56. The zero-order chi connectivity index (χ0) is 31.5. The highest BCUT2D eigenvalue weighted by Gasteiger charge is 2.37. The van der Waals surface area contributed by atoms with Gasteiger partial charge in [0.05, 0.1) is 12.3 Å². The van der Waals surface area contributed by atoms with E-state index in [0.717, 1.165) is 29.8 Å². The minimum Gasteiger partial charge on any atom is -0.392 e. The Labute approximate surface area is 256 Å². The van der Waals surface area contributed by atoms with Crippen LogP contribution in [0.2, 0.25) is 0 Å². The van der Waals surface area contributed by atoms with Crippen molar-refractivity contribution in [2.45, 2.75) is 53.7 Å². The molecule has 11 heteroatoms. The molecule has 11 nitrogen and oxygen atoms in total. The molecule has 2 N–H and O–H groups in total. The van der Waals surface area contributed by atoms with E-state index in [1.807, 2.05) is 33.0 Å². The Kier molecular flexibility index (Phi) is 7.16. The van der Waals surface area contributed by atoms with Crippen LogP contribution in [0.5, 0.6) is 0 Å². The van der Waals surface area contributed by atoms with Crippen molar-refractivity contribution >= 4 is 30.2 Å². The normalized spacial score (nSPS) is 15.8. The number of nitrogens with zero attached hydrogens (tertiary/aromatic N) is 7. The molecule has 0 radical (unpaired) electrons. The third-order valence-electron chi connectivity index (χ3n) is 8.85. The molecule has 2 aliphatic rings. The molecule has 0 saturated heterocycles. The maximum atomic E-state index is 13.8. The summed E-state index contributed by atoms with van der Waals surface area (Å²) >= 11 is 0. The zero-order valence-corrected chi connectivity index (χ0v) is 26.1. The monoisotopic (exact) mass is 594 g/mol. The van der Waals surface area contributed by atoms with Gasteiger partial charge in [0, 0.05) is 67.7 Å². The number of hydrogen-bond donors (Lipinski definition) is 2. The van der Waals surface area contributed by atoms with E-state index in [1.54, 1.807) is 41.2 Å². The largest absolute Gasteiger partial charge is 0.392 e. The van der Waals surface area contributed by atoms with Gasteiger partial charge in [-0.1, -0.05) is 13.8 Å². The summed E-state index contributed by atoms with van der Waals surface area (Å²) in [6.45, 7) is 12.9. The fourth-order valence-corrected chi connectivity index (χ4v) is 6.60. The van der Waals surface area contributed by atoms with Crippen LogP contribution in [0.4, 0.5) is 11.5 Å². The highest BCUT2D eigenvalue weighted by atomic mass is 16.3. The number of hydrogen-bond acceptors (Lipinski definition) is 7. The molecule has 4 aromatic rings. The molecule has 5 heterocycles. The second kappa shape index (κ2) is 10.7. The summed E-state index contributed by atoms with van der Waals surface area (Å²) < 4.78 is 5.42. The summed E-state index contributed by atoms with van der Waals surface area (Å²) in [4.78, 5) is 37.4. The predicted molar refractivity (Wildman–Crippen MR) is 172 cm³/mol. The Hall–Kier alpha value is -4.77. The van der Waals surface area contributed by atoms with Crippen molar-refractivity contribution in [3.63, 3.8) is 0 Å². The first-order valence-corrected chi connectivity index (χ1v) is 14.7. The van der Waals surface area contributed by atoms with E-state index in [4.69, 9.17) is 0 Å². The van der Waals surface area contributed by atoms with E-state index in [9.17, 15) is 14.7 Å². The zero-order valence-electron chi connectivity index (χ0n) is 26.1. The standard InChI is InChI=1S/C33H38N8O3/c1-19-24(20(2)39(7)37-19)14-29(34-5)36-26-12-22(17-38(6)31(26)43)23-8-9-35-30(25(23)18-42)41-11-10-40-27(32(41)44)13-21-15-33(3,4)16-28(21)40/h8-9,12-14,17,36,42H,5,10-11,15-16,18H2,1-4,6-7H3/b29-14+. The maximum absolute atomic E-state index is 13.8. The molecule has 0 atom stereocenters. The number of aromatic nitrogens is 5. The second-order valence-corrected chi connectivity index (χ2v) is 12.5. The number of nitrogens with one attached hydrogen (secondary N) is 1. The molecule has 44 heavy (non-hydrogen) atoms. The Balaban J connectivity index is 1.36. The maximum Gasteiger partial charge on any atom is 0.276 e. The minimum absolute atomic E-state index is 0.126. The lowest BCUT2D eigenvalue weighted by atomic mass is 9.90. The van der Waals surface area contributed by atoms with Crippen LogP contribution in [0.1, 0.15) is 58.1 Å². The van der Waals surface area contributed by atoms with Crippen molar-refractivity contribution in [1.82, 2.24) is 23.9 Å². The van der Waals surface area contributed by atoms with E-state index in [2.05, 4.69) is 45.5 Å². The SMILES string of the molecule is C=N/C(=C\c1c(C)nn(C)c1C)Nc1cc(-c2ccnc(N3CCn4c(cc5c4CC(C)(C)C5)C3=O)c2CO)cn(C)c1=O. The van der Waals surface area contributed by atoms with Crippen molar-refractivity contribution in [2.24, 2.45) is 24.5 Å². The van der Waals surface area contributed by atoms with Crippen LogP contribution in [0, 0.1) is 19.3 Å². The van der Waals surface area contributed by atoms with Gasteiger partial charge >= 0.3 is 0 Å². The molecule has 0 aromatic carbocycles. The molecule has 1 amide bonds. The quantitative estimate of drug-likeness (QED) is 0.312. The number of carbonyl (C=O) groups excluding carboxylic acids is 1. The van der Waals surface area contributed by atoms with Crippen LogP contribution in [0.25, 0.3) is 17.2 Å². The Morgan fingerprint density at radius 1 is 1.18 bits per heavy atom. The molecule has 6 rings (SSSR count). The first-order chi connectivity index (χ1) is 20.9. The number of amides is 1. The van der Waals surface area contributed by atoms with E-state index >= 15 is 0 Å². The smallest absolute Gasteiger partial charge is 0.276 e. The van der Waals surface area contributed by atoms with Gasteiger partial charge in [-0.15, -0.1) is 0 Å². The average molecular weight is 595 g/mol. The minimum atomic E-state index is -0.335. The summed E-state index contributed by atoms with van der Waals surface area (Å²) in [5, 5.41) is 18.2. The number of fused-ring (bicyclic) bond motifs is 3. The number of carbonyl (C=O) groups is 1. The molecule has 0 saturated carbocycles. The van der Waals surface area contributed by atoms with Crippen LogP contribution in [-0.2, 0) is 40.1 Å². The summed E-state index contributed by atoms with van der Waals surface area (Å²) in [5.74, 6) is 0.689. The van der Waals surface area contributed by atoms with Crippen LogP contribution in [0.15, 0.2) is 46.2 Å². The lowest BCUT2D eigenvalue weighted by Gasteiger charge is -2.31. The molecule has 0 fully saturated rings. The number of aliphatic hydroxyl groups excluding tert-OH is 1. The van der Waals surface area contributed by atoms with Gasteiger partial charge in [-0.2, -0.15) is 5.10 Å². The van der Waals surface area contributed by atoms with E-state index < -0.39 is 0 Å². The fourth-order valence-electron chi connectivity index (χ4n) is 6.60. The van der Waals surface area contributed by atoms with Crippen molar-refractivity contribution < 1.29 is 9.90 Å². The van der Waals surface area contributed by atoms with Gasteiger partial charge in [0.25, 0.3) is 11.5 Å². The number of pyridine rings is 2. The second-order valence-electron chi connectivity index (χ2n) is 12.5. The Morgan fingerprint density at radius 2 is 1.95 bits per heavy atom. The number of rotatable bonds is 7. The summed E-state index contributed by atoms with van der Waals surface area (Å²) in [6.07, 6.45) is 7.06. The Bertz CT molecular complexity index is 1920. The van der Waals surface area contributed by atoms with Crippen LogP contribution >= 0.6 is 0 Å². The first kappa shape index (κ1) is 29.3. The fraction of sp³-hybridized carbons (Fsp3) is 0.364. The number of aliphatic imine (C=N–C) groups is 1. The lowest BCUT2D eigenvalue weighted by molar-refractivity contribution is 0.0962. The predicted octanol–water partition coefficient (Wildman–Crippen LogP) is 3.99. The van der Waals surface area contributed by atoms with E-state index in [0.29, 0.717) is 47.1 Å². The van der Waals surface area contributed by atoms with Crippen molar-refractivity contribution in [3.05, 3.63) is 86.2 Å². The summed E-state index contributed by atoms with van der Waals surface area (Å²) in [5.41, 5.74) is 7.92. The van der Waals surface area contributed by atoms with Crippen molar-refractivity contribution in [3.8, 4) is 11.1 Å². The van der Waals surface area contributed by atoms with Gasteiger partial charge in [-0.05, 0) is 74.2 Å². The van der Waals surface area contributed by atoms with Gasteiger partial charge in [-0.3, -0.25) is 19.2 Å². The molecular weight excluding hydrogens is 556 g/mol. The molecule has 228 valence electrons. The molecule has 1 aliphatic carbocycles. The molecule has 1 aliphatic heterocycles. The van der Waals surface area contributed by atoms with Gasteiger partial charge in [0.15, 0.2) is 0 Å². The van der Waals surface area contributed by atoms with Crippen LogP contribution in [-0.4, -0.2) is 48.2 Å². The third kappa shape index (κ3) is 4.86. The van der Waals surface area contributed by atoms with Crippen LogP contribution < -0.4 is 15.8 Å². The first-order valence-electron chi connectivity index (χ1n) is 14.7.